The predicted molar refractivity (Wildman–Crippen MR) is 73.1 cm³/mol. The molecule has 0 aliphatic rings. The van der Waals surface area contributed by atoms with Crippen LogP contribution in [0.2, 0.25) is 0 Å². The van der Waals surface area contributed by atoms with Crippen molar-refractivity contribution in [1.82, 2.24) is 4.57 Å². The van der Waals surface area contributed by atoms with Crippen LogP contribution < -0.4 is 11.3 Å². The van der Waals surface area contributed by atoms with Crippen LogP contribution in [0.15, 0.2) is 35.1 Å². The van der Waals surface area contributed by atoms with Gasteiger partial charge in [0.15, 0.2) is 0 Å². The van der Waals surface area contributed by atoms with Crippen LogP contribution in [0.5, 0.6) is 0 Å². The third-order valence-corrected chi connectivity index (χ3v) is 3.22. The van der Waals surface area contributed by atoms with E-state index in [-0.39, 0.29) is 12.1 Å². The fraction of sp³-hybridized carbons (Fsp3) is 0.286. The lowest BCUT2D eigenvalue weighted by Crippen LogP contribution is -2.32. The van der Waals surface area contributed by atoms with Crippen LogP contribution in [0, 0.1) is 0 Å². The number of hydrogen-bond donors (Lipinski definition) is 2. The SMILES string of the molecule is CCC(C(=O)O)n1c(=O)c(CN)cc2ccccc21. The van der Waals surface area contributed by atoms with Gasteiger partial charge >= 0.3 is 5.97 Å². The first kappa shape index (κ1) is 13.3. The number of aromatic nitrogens is 1. The Hall–Kier alpha value is -2.14. The van der Waals surface area contributed by atoms with E-state index in [1.54, 1.807) is 25.1 Å². The largest absolute Gasteiger partial charge is 0.480 e. The van der Waals surface area contributed by atoms with E-state index in [4.69, 9.17) is 5.73 Å². The molecule has 1 heterocycles. The fourth-order valence-electron chi connectivity index (χ4n) is 2.27. The first-order valence-electron chi connectivity index (χ1n) is 6.16. The van der Waals surface area contributed by atoms with Gasteiger partial charge < -0.3 is 10.8 Å². The molecule has 3 N–H and O–H groups in total. The Balaban J connectivity index is 2.86. The average molecular weight is 260 g/mol. The normalized spacial score (nSPS) is 12.5. The summed E-state index contributed by atoms with van der Waals surface area (Å²) >= 11 is 0. The number of nitrogens with two attached hydrogens (primary N) is 1. The molecule has 2 rings (SSSR count). The molecule has 0 radical (unpaired) electrons. The zero-order valence-electron chi connectivity index (χ0n) is 10.7. The maximum atomic E-state index is 12.3. The van der Waals surface area contributed by atoms with E-state index < -0.39 is 12.0 Å². The Morgan fingerprint density at radius 1 is 1.42 bits per heavy atom. The number of fused-ring (bicyclic) bond motifs is 1. The summed E-state index contributed by atoms with van der Waals surface area (Å²) in [4.78, 5) is 23.7. The molecule has 5 nitrogen and oxygen atoms in total. The maximum Gasteiger partial charge on any atom is 0.326 e. The minimum atomic E-state index is -1.01. The number of hydrogen-bond acceptors (Lipinski definition) is 3. The summed E-state index contributed by atoms with van der Waals surface area (Å²) in [6.45, 7) is 1.84. The molecular formula is C14H16N2O3. The molecular weight excluding hydrogens is 244 g/mol. The molecule has 100 valence electrons. The van der Waals surface area contributed by atoms with Crippen molar-refractivity contribution >= 4 is 16.9 Å². The zero-order chi connectivity index (χ0) is 14.0. The molecule has 2 aromatic rings. The van der Waals surface area contributed by atoms with Crippen molar-refractivity contribution < 1.29 is 9.90 Å². The fourth-order valence-corrected chi connectivity index (χ4v) is 2.27. The molecule has 0 saturated carbocycles. The van der Waals surface area contributed by atoms with E-state index in [0.717, 1.165) is 5.39 Å². The second kappa shape index (κ2) is 5.24. The van der Waals surface area contributed by atoms with Gasteiger partial charge in [0.2, 0.25) is 0 Å². The van der Waals surface area contributed by atoms with E-state index in [1.807, 2.05) is 12.1 Å². The predicted octanol–water partition coefficient (Wildman–Crippen LogP) is 1.50. The molecule has 0 fully saturated rings. The quantitative estimate of drug-likeness (QED) is 0.872. The standard InChI is InChI=1S/C14H16N2O3/c1-2-11(14(18)19)16-12-6-4-3-5-9(12)7-10(8-15)13(16)17/h3-7,11H,2,8,15H2,1H3,(H,18,19). The number of carboxylic acid groups (broad SMARTS) is 1. The average Bonchev–Trinajstić information content (AvgIpc) is 2.41. The summed E-state index contributed by atoms with van der Waals surface area (Å²) in [5, 5.41) is 10.1. The van der Waals surface area contributed by atoms with E-state index in [9.17, 15) is 14.7 Å². The maximum absolute atomic E-state index is 12.3. The van der Waals surface area contributed by atoms with Gasteiger partial charge in [0, 0.05) is 12.1 Å². The molecule has 0 aliphatic heterocycles. The Morgan fingerprint density at radius 3 is 2.68 bits per heavy atom. The lowest BCUT2D eigenvalue weighted by atomic mass is 10.1. The highest BCUT2D eigenvalue weighted by Crippen LogP contribution is 2.19. The highest BCUT2D eigenvalue weighted by atomic mass is 16.4. The van der Waals surface area contributed by atoms with Crippen LogP contribution in [0.25, 0.3) is 10.9 Å². The van der Waals surface area contributed by atoms with Crippen molar-refractivity contribution in [3.05, 3.63) is 46.2 Å². The molecule has 0 saturated heterocycles. The van der Waals surface area contributed by atoms with Crippen LogP contribution >= 0.6 is 0 Å². The molecule has 0 bridgehead atoms. The lowest BCUT2D eigenvalue weighted by Gasteiger charge is -2.18. The summed E-state index contributed by atoms with van der Waals surface area (Å²) in [6, 6.07) is 8.09. The number of rotatable bonds is 4. The van der Waals surface area contributed by atoms with Crippen LogP contribution in [0.4, 0.5) is 0 Å². The molecule has 0 aliphatic carbocycles. The summed E-state index contributed by atoms with van der Waals surface area (Å²) in [7, 11) is 0. The van der Waals surface area contributed by atoms with Crippen LogP contribution in [0.1, 0.15) is 24.9 Å². The highest BCUT2D eigenvalue weighted by molar-refractivity contribution is 5.82. The number of aliphatic carboxylic acids is 1. The number of carbonyl (C=O) groups is 1. The molecule has 1 aromatic heterocycles. The number of para-hydroxylation sites is 1. The molecule has 1 aromatic carbocycles. The van der Waals surface area contributed by atoms with Gasteiger partial charge in [-0.2, -0.15) is 0 Å². The molecule has 1 atom stereocenters. The van der Waals surface area contributed by atoms with Gasteiger partial charge in [0.25, 0.3) is 5.56 Å². The van der Waals surface area contributed by atoms with Crippen LogP contribution in [-0.4, -0.2) is 15.6 Å². The summed E-state index contributed by atoms with van der Waals surface area (Å²) in [6.07, 6.45) is 0.341. The van der Waals surface area contributed by atoms with Gasteiger partial charge in [-0.05, 0) is 23.9 Å². The summed E-state index contributed by atoms with van der Waals surface area (Å²) in [5.41, 5.74) is 6.30. The van der Waals surface area contributed by atoms with E-state index in [0.29, 0.717) is 17.5 Å². The summed E-state index contributed by atoms with van der Waals surface area (Å²) < 4.78 is 1.33. The third kappa shape index (κ3) is 2.24. The van der Waals surface area contributed by atoms with Crippen molar-refractivity contribution in [3.63, 3.8) is 0 Å². The Kier molecular flexibility index (Phi) is 3.66. The van der Waals surface area contributed by atoms with Crippen molar-refractivity contribution in [2.24, 2.45) is 5.73 Å². The Morgan fingerprint density at radius 2 is 2.11 bits per heavy atom. The second-order valence-corrected chi connectivity index (χ2v) is 4.37. The van der Waals surface area contributed by atoms with E-state index in [1.165, 1.54) is 4.57 Å². The van der Waals surface area contributed by atoms with Crippen molar-refractivity contribution in [2.75, 3.05) is 0 Å². The van der Waals surface area contributed by atoms with Crippen molar-refractivity contribution in [2.45, 2.75) is 25.9 Å². The number of benzene rings is 1. The number of nitrogens with zero attached hydrogens (tertiary/aromatic N) is 1. The van der Waals surface area contributed by atoms with Gasteiger partial charge in [0.1, 0.15) is 6.04 Å². The van der Waals surface area contributed by atoms with Gasteiger partial charge in [-0.3, -0.25) is 9.36 Å². The van der Waals surface area contributed by atoms with Crippen LogP contribution in [0.3, 0.4) is 0 Å². The number of carboxylic acids is 1. The minimum Gasteiger partial charge on any atom is -0.480 e. The molecule has 0 amide bonds. The van der Waals surface area contributed by atoms with Crippen molar-refractivity contribution in [1.29, 1.82) is 0 Å². The number of pyridine rings is 1. The lowest BCUT2D eigenvalue weighted by molar-refractivity contribution is -0.140. The summed E-state index contributed by atoms with van der Waals surface area (Å²) in [5.74, 6) is -1.01. The molecule has 5 heteroatoms. The first-order chi connectivity index (χ1) is 9.10. The Bertz CT molecular complexity index is 676. The van der Waals surface area contributed by atoms with Crippen molar-refractivity contribution in [3.8, 4) is 0 Å². The monoisotopic (exact) mass is 260 g/mol. The second-order valence-electron chi connectivity index (χ2n) is 4.37. The smallest absolute Gasteiger partial charge is 0.326 e. The first-order valence-corrected chi connectivity index (χ1v) is 6.16. The highest BCUT2D eigenvalue weighted by Gasteiger charge is 2.21. The van der Waals surface area contributed by atoms with Gasteiger partial charge in [0.05, 0.1) is 5.52 Å². The third-order valence-electron chi connectivity index (χ3n) is 3.22. The minimum absolute atomic E-state index is 0.0969. The van der Waals surface area contributed by atoms with Gasteiger partial charge in [-0.1, -0.05) is 25.1 Å². The topological polar surface area (TPSA) is 85.3 Å². The zero-order valence-corrected chi connectivity index (χ0v) is 10.7. The van der Waals surface area contributed by atoms with E-state index in [2.05, 4.69) is 0 Å². The molecule has 0 spiro atoms. The van der Waals surface area contributed by atoms with Gasteiger partial charge in [-0.25, -0.2) is 4.79 Å². The molecule has 19 heavy (non-hydrogen) atoms. The Labute approximate surface area is 110 Å². The van der Waals surface area contributed by atoms with E-state index >= 15 is 0 Å². The molecule has 1 unspecified atom stereocenters. The van der Waals surface area contributed by atoms with Crippen LogP contribution in [-0.2, 0) is 11.3 Å². The van der Waals surface area contributed by atoms with Gasteiger partial charge in [-0.15, -0.1) is 0 Å².